The van der Waals surface area contributed by atoms with E-state index in [0.29, 0.717) is 30.9 Å². The SMILES string of the molecule is CCC(CC)C(=O)N1CCC(CN2CC(COc3ncccn3)CC2=O)CC1. The third-order valence-corrected chi connectivity index (χ3v) is 6.02. The predicted molar refractivity (Wildman–Crippen MR) is 106 cm³/mol. The molecule has 1 atom stereocenters. The monoisotopic (exact) mass is 388 g/mol. The number of amides is 2. The van der Waals surface area contributed by atoms with Crippen molar-refractivity contribution >= 4 is 11.8 Å². The highest BCUT2D eigenvalue weighted by atomic mass is 16.5. The van der Waals surface area contributed by atoms with Crippen LogP contribution in [0.4, 0.5) is 0 Å². The van der Waals surface area contributed by atoms with Gasteiger partial charge in [0.2, 0.25) is 11.8 Å². The fourth-order valence-electron chi connectivity index (χ4n) is 4.24. The summed E-state index contributed by atoms with van der Waals surface area (Å²) in [7, 11) is 0. The number of hydrogen-bond donors (Lipinski definition) is 0. The van der Waals surface area contributed by atoms with E-state index in [1.54, 1.807) is 18.5 Å². The number of rotatable bonds is 8. The fourth-order valence-corrected chi connectivity index (χ4v) is 4.24. The summed E-state index contributed by atoms with van der Waals surface area (Å²) in [5, 5.41) is 0. The third kappa shape index (κ3) is 5.20. The maximum Gasteiger partial charge on any atom is 0.316 e. The predicted octanol–water partition coefficient (Wildman–Crippen LogP) is 2.38. The summed E-state index contributed by atoms with van der Waals surface area (Å²) in [6, 6.07) is 2.11. The van der Waals surface area contributed by atoms with Gasteiger partial charge in [0.15, 0.2) is 0 Å². The van der Waals surface area contributed by atoms with Crippen LogP contribution < -0.4 is 4.74 Å². The molecule has 1 aromatic heterocycles. The van der Waals surface area contributed by atoms with Crippen molar-refractivity contribution in [2.75, 3.05) is 32.8 Å². The third-order valence-electron chi connectivity index (χ3n) is 6.02. The van der Waals surface area contributed by atoms with E-state index in [0.717, 1.165) is 51.9 Å². The van der Waals surface area contributed by atoms with Crippen molar-refractivity contribution in [3.05, 3.63) is 18.5 Å². The van der Waals surface area contributed by atoms with Crippen molar-refractivity contribution < 1.29 is 14.3 Å². The van der Waals surface area contributed by atoms with Crippen molar-refractivity contribution in [3.63, 3.8) is 0 Å². The van der Waals surface area contributed by atoms with Crippen LogP contribution in [-0.4, -0.2) is 64.4 Å². The zero-order valence-electron chi connectivity index (χ0n) is 17.0. The van der Waals surface area contributed by atoms with Crippen molar-refractivity contribution in [1.82, 2.24) is 19.8 Å². The molecule has 1 aromatic rings. The lowest BCUT2D eigenvalue weighted by molar-refractivity contribution is -0.137. The van der Waals surface area contributed by atoms with Gasteiger partial charge in [-0.05, 0) is 37.7 Å². The van der Waals surface area contributed by atoms with E-state index in [1.807, 2.05) is 9.80 Å². The van der Waals surface area contributed by atoms with Crippen LogP contribution in [0.1, 0.15) is 46.0 Å². The number of hydrogen-bond acceptors (Lipinski definition) is 5. The van der Waals surface area contributed by atoms with Crippen LogP contribution in [-0.2, 0) is 9.59 Å². The maximum absolute atomic E-state index is 12.5. The zero-order valence-corrected chi connectivity index (χ0v) is 17.0. The van der Waals surface area contributed by atoms with Crippen LogP contribution in [0.5, 0.6) is 6.01 Å². The average Bonchev–Trinajstić information content (AvgIpc) is 3.08. The van der Waals surface area contributed by atoms with Gasteiger partial charge in [0.1, 0.15) is 0 Å². The molecule has 0 spiro atoms. The Bertz CT molecular complexity index is 642. The quantitative estimate of drug-likeness (QED) is 0.683. The van der Waals surface area contributed by atoms with E-state index >= 15 is 0 Å². The highest BCUT2D eigenvalue weighted by Gasteiger charge is 2.33. The Morgan fingerprint density at radius 2 is 1.86 bits per heavy atom. The van der Waals surface area contributed by atoms with E-state index in [4.69, 9.17) is 4.74 Å². The Morgan fingerprint density at radius 3 is 2.50 bits per heavy atom. The van der Waals surface area contributed by atoms with Crippen molar-refractivity contribution in [2.24, 2.45) is 17.8 Å². The first kappa shape index (κ1) is 20.6. The Morgan fingerprint density at radius 1 is 1.18 bits per heavy atom. The van der Waals surface area contributed by atoms with Gasteiger partial charge >= 0.3 is 6.01 Å². The first-order valence-corrected chi connectivity index (χ1v) is 10.6. The number of likely N-dealkylation sites (tertiary alicyclic amines) is 2. The molecule has 2 aliphatic heterocycles. The molecule has 0 aliphatic carbocycles. The molecular formula is C21H32N4O3. The van der Waals surface area contributed by atoms with E-state index in [2.05, 4.69) is 23.8 Å². The van der Waals surface area contributed by atoms with Gasteiger partial charge in [0.25, 0.3) is 0 Å². The lowest BCUT2D eigenvalue weighted by Crippen LogP contribution is -2.44. The first-order chi connectivity index (χ1) is 13.6. The smallest absolute Gasteiger partial charge is 0.316 e. The molecule has 3 rings (SSSR count). The summed E-state index contributed by atoms with van der Waals surface area (Å²) in [6.45, 7) is 7.81. The van der Waals surface area contributed by atoms with Crippen LogP contribution in [0.15, 0.2) is 18.5 Å². The normalized spacial score (nSPS) is 20.8. The van der Waals surface area contributed by atoms with Gasteiger partial charge in [-0.15, -0.1) is 0 Å². The molecule has 2 fully saturated rings. The second-order valence-corrected chi connectivity index (χ2v) is 7.99. The summed E-state index contributed by atoms with van der Waals surface area (Å²) in [5.41, 5.74) is 0. The number of nitrogens with zero attached hydrogens (tertiary/aromatic N) is 4. The summed E-state index contributed by atoms with van der Waals surface area (Å²) in [5.74, 6) is 1.34. The number of carbonyl (C=O) groups excluding carboxylic acids is 2. The molecule has 3 heterocycles. The molecule has 0 bridgehead atoms. The molecular weight excluding hydrogens is 356 g/mol. The first-order valence-electron chi connectivity index (χ1n) is 10.6. The molecule has 2 saturated heterocycles. The minimum atomic E-state index is 0.158. The topological polar surface area (TPSA) is 75.6 Å². The number of aromatic nitrogens is 2. The van der Waals surface area contributed by atoms with E-state index in [1.165, 1.54) is 0 Å². The van der Waals surface area contributed by atoms with Crippen molar-refractivity contribution in [2.45, 2.75) is 46.0 Å². The lowest BCUT2D eigenvalue weighted by Gasteiger charge is -2.35. The minimum absolute atomic E-state index is 0.158. The van der Waals surface area contributed by atoms with Crippen molar-refractivity contribution in [3.8, 4) is 6.01 Å². The molecule has 0 radical (unpaired) electrons. The molecule has 7 nitrogen and oxygen atoms in total. The second-order valence-electron chi connectivity index (χ2n) is 7.99. The standard InChI is InChI=1S/C21H32N4O3/c1-3-18(4-2)20(27)24-10-6-16(7-11-24)13-25-14-17(12-19(25)26)15-28-21-22-8-5-9-23-21/h5,8-9,16-18H,3-4,6-7,10-15H2,1-2H3. The lowest BCUT2D eigenvalue weighted by atomic mass is 9.94. The Hall–Kier alpha value is -2.18. The largest absolute Gasteiger partial charge is 0.463 e. The fraction of sp³-hybridized carbons (Fsp3) is 0.714. The molecule has 154 valence electrons. The summed E-state index contributed by atoms with van der Waals surface area (Å²) < 4.78 is 5.62. The highest BCUT2D eigenvalue weighted by molar-refractivity contribution is 5.79. The Kier molecular flexibility index (Phi) is 7.23. The van der Waals surface area contributed by atoms with Gasteiger partial charge in [-0.3, -0.25) is 9.59 Å². The molecule has 0 saturated carbocycles. The molecule has 1 unspecified atom stereocenters. The molecule has 7 heteroatoms. The van der Waals surface area contributed by atoms with E-state index < -0.39 is 0 Å². The van der Waals surface area contributed by atoms with Gasteiger partial charge in [-0.25, -0.2) is 9.97 Å². The van der Waals surface area contributed by atoms with Crippen LogP contribution in [0.25, 0.3) is 0 Å². The van der Waals surface area contributed by atoms with Gasteiger partial charge in [-0.2, -0.15) is 0 Å². The van der Waals surface area contributed by atoms with Crippen LogP contribution in [0.2, 0.25) is 0 Å². The second kappa shape index (κ2) is 9.85. The maximum atomic E-state index is 12.5. The average molecular weight is 389 g/mol. The minimum Gasteiger partial charge on any atom is -0.463 e. The van der Waals surface area contributed by atoms with Gasteiger partial charge in [0.05, 0.1) is 6.61 Å². The summed E-state index contributed by atoms with van der Waals surface area (Å²) in [6.07, 6.45) is 7.61. The zero-order chi connectivity index (χ0) is 19.9. The Balaban J connectivity index is 1.41. The Labute approximate surface area is 167 Å². The number of piperidine rings is 1. The van der Waals surface area contributed by atoms with Gasteiger partial charge in [0, 0.05) is 56.8 Å². The highest BCUT2D eigenvalue weighted by Crippen LogP contribution is 2.25. The molecule has 2 amide bonds. The van der Waals surface area contributed by atoms with Gasteiger partial charge < -0.3 is 14.5 Å². The molecule has 0 aromatic carbocycles. The van der Waals surface area contributed by atoms with Crippen LogP contribution in [0.3, 0.4) is 0 Å². The number of carbonyl (C=O) groups is 2. The number of ether oxygens (including phenoxy) is 1. The summed E-state index contributed by atoms with van der Waals surface area (Å²) >= 11 is 0. The van der Waals surface area contributed by atoms with Gasteiger partial charge in [-0.1, -0.05) is 13.8 Å². The molecule has 2 aliphatic rings. The van der Waals surface area contributed by atoms with Crippen LogP contribution >= 0.6 is 0 Å². The van der Waals surface area contributed by atoms with Crippen LogP contribution in [0, 0.1) is 17.8 Å². The van der Waals surface area contributed by atoms with E-state index in [-0.39, 0.29) is 17.7 Å². The van der Waals surface area contributed by atoms with E-state index in [9.17, 15) is 9.59 Å². The molecule has 0 N–H and O–H groups in total. The summed E-state index contributed by atoms with van der Waals surface area (Å²) in [4.78, 5) is 37.0. The molecule has 28 heavy (non-hydrogen) atoms. The van der Waals surface area contributed by atoms with Crippen molar-refractivity contribution in [1.29, 1.82) is 0 Å².